The van der Waals surface area contributed by atoms with Crippen molar-refractivity contribution in [2.75, 3.05) is 23.5 Å². The molecule has 0 aliphatic carbocycles. The largest absolute Gasteiger partial charge is 0.178 e. The maximum absolute atomic E-state index is 4.29. The zero-order valence-corrected chi connectivity index (χ0v) is 9.79. The van der Waals surface area contributed by atoms with Crippen molar-refractivity contribution in [1.29, 1.82) is 0 Å². The van der Waals surface area contributed by atoms with E-state index in [1.54, 1.807) is 11.8 Å². The minimum absolute atomic E-state index is 0.766. The molecule has 1 atom stereocenters. The van der Waals surface area contributed by atoms with Gasteiger partial charge < -0.3 is 0 Å². The molecule has 0 aromatic rings. The van der Waals surface area contributed by atoms with Crippen molar-refractivity contribution in [3.05, 3.63) is 10.3 Å². The Morgan fingerprint density at radius 2 is 2.64 bits per heavy atom. The number of thiol groups is 1. The van der Waals surface area contributed by atoms with Gasteiger partial charge in [-0.3, -0.25) is 0 Å². The molecule has 4 heteroatoms. The summed E-state index contributed by atoms with van der Waals surface area (Å²) in [6.07, 6.45) is 2.11. The van der Waals surface area contributed by atoms with E-state index in [1.165, 1.54) is 16.4 Å². The van der Waals surface area contributed by atoms with Crippen molar-refractivity contribution in [3.63, 3.8) is 0 Å². The molecule has 0 amide bonds. The highest BCUT2D eigenvalue weighted by Crippen LogP contribution is 2.33. The van der Waals surface area contributed by atoms with Crippen molar-refractivity contribution < 1.29 is 0 Å². The van der Waals surface area contributed by atoms with Crippen molar-refractivity contribution in [2.45, 2.75) is 5.25 Å². The van der Waals surface area contributed by atoms with Crippen LogP contribution in [0.5, 0.6) is 0 Å². The molecule has 1 fully saturated rings. The van der Waals surface area contributed by atoms with Crippen LogP contribution in [0.3, 0.4) is 0 Å². The van der Waals surface area contributed by atoms with Gasteiger partial charge in [-0.25, -0.2) is 0 Å². The molecule has 0 nitrogen and oxygen atoms in total. The lowest BCUT2D eigenvalue weighted by Gasteiger charge is -2.20. The van der Waals surface area contributed by atoms with Crippen molar-refractivity contribution in [3.8, 4) is 0 Å². The van der Waals surface area contributed by atoms with Gasteiger partial charge in [0, 0.05) is 27.4 Å². The Morgan fingerprint density at radius 1 is 1.82 bits per heavy atom. The predicted octanol–water partition coefficient (Wildman–Crippen LogP) is 2.97. The van der Waals surface area contributed by atoms with Gasteiger partial charge in [0.2, 0.25) is 0 Å². The first-order chi connectivity index (χ1) is 5.36. The minimum Gasteiger partial charge on any atom is -0.178 e. The van der Waals surface area contributed by atoms with Crippen LogP contribution in [0.1, 0.15) is 0 Å². The second kappa shape index (κ2) is 5.73. The third-order valence-electron chi connectivity index (χ3n) is 1.37. The maximum Gasteiger partial charge on any atom is 0.0253 e. The van der Waals surface area contributed by atoms with Gasteiger partial charge in [0.25, 0.3) is 0 Å². The lowest BCUT2D eigenvalue weighted by molar-refractivity contribution is 1.15. The fourth-order valence-corrected chi connectivity index (χ4v) is 4.66. The predicted molar refractivity (Wildman–Crippen MR) is 64.2 cm³/mol. The summed E-state index contributed by atoms with van der Waals surface area (Å²) < 4.78 is 0. The Balaban J connectivity index is 2.30. The van der Waals surface area contributed by atoms with Gasteiger partial charge in [-0.2, -0.15) is 24.4 Å². The lowest BCUT2D eigenvalue weighted by atomic mass is 10.5. The summed E-state index contributed by atoms with van der Waals surface area (Å²) in [5.41, 5.74) is 0. The average molecular weight is 224 g/mol. The van der Waals surface area contributed by atoms with Gasteiger partial charge in [-0.15, -0.1) is 23.5 Å². The van der Waals surface area contributed by atoms with Gasteiger partial charge in [0.1, 0.15) is 0 Å². The van der Waals surface area contributed by atoms with Crippen LogP contribution in [0.4, 0.5) is 0 Å². The second-order valence-corrected chi connectivity index (χ2v) is 5.75. The summed E-state index contributed by atoms with van der Waals surface area (Å²) in [6, 6.07) is 0. The van der Waals surface area contributed by atoms with Crippen molar-refractivity contribution >= 4 is 47.9 Å². The summed E-state index contributed by atoms with van der Waals surface area (Å²) in [7, 11) is 0. The van der Waals surface area contributed by atoms with E-state index >= 15 is 0 Å². The van der Waals surface area contributed by atoms with Crippen molar-refractivity contribution in [1.82, 2.24) is 0 Å². The summed E-state index contributed by atoms with van der Waals surface area (Å²) >= 11 is 10.1. The van der Waals surface area contributed by atoms with Crippen LogP contribution >= 0.6 is 47.9 Å². The highest BCUT2D eigenvalue weighted by molar-refractivity contribution is 8.10. The summed E-state index contributed by atoms with van der Waals surface area (Å²) in [5.74, 6) is 3.45. The van der Waals surface area contributed by atoms with Crippen LogP contribution in [-0.2, 0) is 0 Å². The fourth-order valence-electron chi connectivity index (χ4n) is 0.795. The Bertz CT molecular complexity index is 133. The molecule has 1 unspecified atom stereocenters. The summed E-state index contributed by atoms with van der Waals surface area (Å²) in [4.78, 5) is 1.53. The first-order valence-corrected chi connectivity index (χ1v) is 7.39. The highest BCUT2D eigenvalue weighted by Gasteiger charge is 2.15. The van der Waals surface area contributed by atoms with Crippen LogP contribution < -0.4 is 0 Å². The zero-order chi connectivity index (χ0) is 8.10. The van der Waals surface area contributed by atoms with Crippen LogP contribution in [0.25, 0.3) is 0 Å². The highest BCUT2D eigenvalue weighted by atomic mass is 32.2. The standard InChI is InChI=1S/C7H12S4/c1-9-3-7-5-10-6(2-8)4-11-7/h3,6,8H,2,4-5H2,1H3. The zero-order valence-electron chi connectivity index (χ0n) is 6.45. The molecule has 64 valence electrons. The molecule has 0 radical (unpaired) electrons. The number of hydrogen-bond acceptors (Lipinski definition) is 4. The molecule has 1 aliphatic rings. The molecule has 1 saturated heterocycles. The van der Waals surface area contributed by atoms with Gasteiger partial charge >= 0.3 is 0 Å². The van der Waals surface area contributed by atoms with Crippen LogP contribution in [-0.4, -0.2) is 28.8 Å². The van der Waals surface area contributed by atoms with E-state index in [0.717, 1.165) is 11.0 Å². The van der Waals surface area contributed by atoms with E-state index in [9.17, 15) is 0 Å². The molecule has 0 bridgehead atoms. The van der Waals surface area contributed by atoms with E-state index in [2.05, 4.69) is 24.3 Å². The van der Waals surface area contributed by atoms with Crippen LogP contribution in [0, 0.1) is 0 Å². The van der Waals surface area contributed by atoms with E-state index in [0.29, 0.717) is 0 Å². The minimum atomic E-state index is 0.766. The van der Waals surface area contributed by atoms with Gasteiger partial charge in [0.05, 0.1) is 0 Å². The van der Waals surface area contributed by atoms with Gasteiger partial charge in [0.15, 0.2) is 0 Å². The monoisotopic (exact) mass is 224 g/mol. The summed E-state index contributed by atoms with van der Waals surface area (Å²) in [6.45, 7) is 0. The number of thioether (sulfide) groups is 3. The molecule has 0 spiro atoms. The third-order valence-corrected chi connectivity index (χ3v) is 5.60. The Hall–Kier alpha value is 1.14. The molecule has 0 aromatic carbocycles. The normalized spacial score (nSPS) is 29.3. The Kier molecular flexibility index (Phi) is 5.32. The fraction of sp³-hybridized carbons (Fsp3) is 0.714. The number of rotatable bonds is 2. The van der Waals surface area contributed by atoms with E-state index < -0.39 is 0 Å². The maximum atomic E-state index is 4.29. The molecular formula is C7H12S4. The van der Waals surface area contributed by atoms with E-state index in [4.69, 9.17) is 0 Å². The van der Waals surface area contributed by atoms with Gasteiger partial charge in [-0.05, 0) is 11.7 Å². The van der Waals surface area contributed by atoms with Crippen molar-refractivity contribution in [2.24, 2.45) is 0 Å². The third kappa shape index (κ3) is 3.57. The average Bonchev–Trinajstić information content (AvgIpc) is 2.07. The topological polar surface area (TPSA) is 0 Å². The number of hydrogen-bond donors (Lipinski definition) is 1. The van der Waals surface area contributed by atoms with Crippen LogP contribution in [0.2, 0.25) is 0 Å². The molecular weight excluding hydrogens is 212 g/mol. The molecule has 11 heavy (non-hydrogen) atoms. The quantitative estimate of drug-likeness (QED) is 0.717. The molecule has 1 heterocycles. The molecule has 1 rings (SSSR count). The lowest BCUT2D eigenvalue weighted by Crippen LogP contribution is -2.14. The molecule has 1 aliphatic heterocycles. The van der Waals surface area contributed by atoms with E-state index in [1.807, 2.05) is 23.5 Å². The first kappa shape index (κ1) is 10.2. The SMILES string of the molecule is CSC=C1CSC(CS)CS1. The first-order valence-electron chi connectivity index (χ1n) is 3.44. The smallest absolute Gasteiger partial charge is 0.0253 e. The van der Waals surface area contributed by atoms with Gasteiger partial charge in [-0.1, -0.05) is 0 Å². The Labute approximate surface area is 86.8 Å². The molecule has 0 saturated carbocycles. The Morgan fingerprint density at radius 3 is 3.09 bits per heavy atom. The molecule has 0 N–H and O–H groups in total. The molecule has 0 aromatic heterocycles. The summed E-state index contributed by atoms with van der Waals surface area (Å²) in [5, 5.41) is 3.02. The van der Waals surface area contributed by atoms with E-state index in [-0.39, 0.29) is 0 Å². The van der Waals surface area contributed by atoms with Crippen LogP contribution in [0.15, 0.2) is 10.3 Å². The second-order valence-electron chi connectivity index (χ2n) is 2.25.